The Morgan fingerprint density at radius 2 is 1.91 bits per heavy atom. The van der Waals surface area contributed by atoms with Crippen molar-refractivity contribution in [1.29, 1.82) is 0 Å². The number of anilines is 1. The molecular weight excluding hydrogens is 302 g/mol. The monoisotopic (exact) mass is 319 g/mol. The molecular formula is C15H17N3O3S. The molecule has 0 radical (unpaired) electrons. The number of hydrogen-bond acceptors (Lipinski definition) is 5. The molecule has 2 N–H and O–H groups in total. The molecule has 0 spiro atoms. The Kier molecular flexibility index (Phi) is 5.11. The van der Waals surface area contributed by atoms with Crippen molar-refractivity contribution >= 4 is 28.5 Å². The van der Waals surface area contributed by atoms with Crippen LogP contribution in [0.25, 0.3) is 11.3 Å². The summed E-state index contributed by atoms with van der Waals surface area (Å²) in [7, 11) is 1.34. The highest BCUT2D eigenvalue weighted by molar-refractivity contribution is 7.14. The number of ether oxygens (including phenoxy) is 1. The summed E-state index contributed by atoms with van der Waals surface area (Å²) in [4.78, 5) is 27.4. The number of benzene rings is 1. The molecule has 0 aliphatic heterocycles. The van der Waals surface area contributed by atoms with E-state index in [4.69, 9.17) is 0 Å². The summed E-state index contributed by atoms with van der Waals surface area (Å²) < 4.78 is 4.65. The van der Waals surface area contributed by atoms with Crippen molar-refractivity contribution in [3.8, 4) is 11.3 Å². The van der Waals surface area contributed by atoms with Crippen LogP contribution in [0.5, 0.6) is 0 Å². The highest BCUT2D eigenvalue weighted by Gasteiger charge is 2.10. The second-order valence-corrected chi connectivity index (χ2v) is 5.72. The fourth-order valence-corrected chi connectivity index (χ4v) is 2.47. The minimum atomic E-state index is -0.377. The minimum Gasteiger partial charge on any atom is -0.465 e. The summed E-state index contributed by atoms with van der Waals surface area (Å²) in [5.74, 6) is -0.377. The lowest BCUT2D eigenvalue weighted by atomic mass is 10.1. The summed E-state index contributed by atoms with van der Waals surface area (Å²) in [5.41, 5.74) is 2.08. The van der Waals surface area contributed by atoms with Crippen LogP contribution in [-0.4, -0.2) is 30.1 Å². The lowest BCUT2D eigenvalue weighted by molar-refractivity contribution is 0.0600. The predicted octanol–water partition coefficient (Wildman–Crippen LogP) is 3.13. The molecule has 0 fully saturated rings. The Bertz CT molecular complexity index is 665. The van der Waals surface area contributed by atoms with Crippen LogP contribution in [0.2, 0.25) is 0 Å². The smallest absolute Gasteiger partial charge is 0.337 e. The Labute approximate surface area is 132 Å². The Balaban J connectivity index is 2.08. The molecule has 0 atom stereocenters. The molecule has 0 bridgehead atoms. The minimum absolute atomic E-state index is 0.0605. The summed E-state index contributed by atoms with van der Waals surface area (Å²) >= 11 is 1.34. The van der Waals surface area contributed by atoms with Crippen molar-refractivity contribution in [2.75, 3.05) is 12.4 Å². The van der Waals surface area contributed by atoms with Gasteiger partial charge in [-0.2, -0.15) is 0 Å². The van der Waals surface area contributed by atoms with Crippen LogP contribution in [0.4, 0.5) is 9.93 Å². The van der Waals surface area contributed by atoms with Gasteiger partial charge in [-0.1, -0.05) is 12.1 Å². The zero-order valence-corrected chi connectivity index (χ0v) is 13.4. The van der Waals surface area contributed by atoms with Crippen molar-refractivity contribution in [3.05, 3.63) is 35.2 Å². The summed E-state index contributed by atoms with van der Waals surface area (Å²) in [6, 6.07) is 6.72. The lowest BCUT2D eigenvalue weighted by Gasteiger charge is -2.07. The molecule has 7 heteroatoms. The zero-order chi connectivity index (χ0) is 16.1. The molecule has 2 amide bonds. The molecule has 22 heavy (non-hydrogen) atoms. The van der Waals surface area contributed by atoms with Crippen molar-refractivity contribution in [1.82, 2.24) is 10.3 Å². The fraction of sp³-hybridized carbons (Fsp3) is 0.267. The maximum atomic E-state index is 11.6. The van der Waals surface area contributed by atoms with Gasteiger partial charge in [0.25, 0.3) is 0 Å². The molecule has 6 nitrogen and oxygen atoms in total. The number of amides is 2. The molecule has 2 aromatic rings. The van der Waals surface area contributed by atoms with Crippen molar-refractivity contribution in [2.24, 2.45) is 0 Å². The Morgan fingerprint density at radius 1 is 1.23 bits per heavy atom. The van der Waals surface area contributed by atoms with Gasteiger partial charge in [0.1, 0.15) is 0 Å². The number of esters is 1. The summed E-state index contributed by atoms with van der Waals surface area (Å²) in [5, 5.41) is 7.78. The van der Waals surface area contributed by atoms with E-state index < -0.39 is 0 Å². The number of nitrogens with zero attached hydrogens (tertiary/aromatic N) is 1. The SMILES string of the molecule is COC(=O)c1ccc(-c2csc(NC(=O)NC(C)C)n2)cc1. The zero-order valence-electron chi connectivity index (χ0n) is 12.5. The van der Waals surface area contributed by atoms with Gasteiger partial charge in [0.2, 0.25) is 0 Å². The van der Waals surface area contributed by atoms with Crippen molar-refractivity contribution < 1.29 is 14.3 Å². The number of rotatable bonds is 4. The standard InChI is InChI=1S/C15H17N3O3S/c1-9(2)16-14(20)18-15-17-12(8-22-15)10-4-6-11(7-5-10)13(19)21-3/h4-9H,1-3H3,(H2,16,17,18,20). The van der Waals surface area contributed by atoms with Gasteiger partial charge in [0, 0.05) is 17.0 Å². The first-order chi connectivity index (χ1) is 10.5. The average molecular weight is 319 g/mol. The van der Waals surface area contributed by atoms with E-state index in [1.54, 1.807) is 24.3 Å². The van der Waals surface area contributed by atoms with E-state index in [0.29, 0.717) is 10.7 Å². The third-order valence-corrected chi connectivity index (χ3v) is 3.50. The first kappa shape index (κ1) is 16.0. The molecule has 0 aliphatic rings. The molecule has 0 unspecified atom stereocenters. The van der Waals surface area contributed by atoms with Crippen LogP contribution < -0.4 is 10.6 Å². The van der Waals surface area contributed by atoms with Gasteiger partial charge in [0.05, 0.1) is 18.4 Å². The Hall–Kier alpha value is -2.41. The molecule has 0 saturated carbocycles. The van der Waals surface area contributed by atoms with E-state index in [1.807, 2.05) is 19.2 Å². The van der Waals surface area contributed by atoms with E-state index in [9.17, 15) is 9.59 Å². The van der Waals surface area contributed by atoms with Crippen LogP contribution in [0.15, 0.2) is 29.6 Å². The van der Waals surface area contributed by atoms with E-state index in [1.165, 1.54) is 18.4 Å². The maximum Gasteiger partial charge on any atom is 0.337 e. The highest BCUT2D eigenvalue weighted by Crippen LogP contribution is 2.25. The number of methoxy groups -OCH3 is 1. The number of hydrogen-bond donors (Lipinski definition) is 2. The number of carbonyl (C=O) groups is 2. The summed E-state index contributed by atoms with van der Waals surface area (Å²) in [6.07, 6.45) is 0. The number of aromatic nitrogens is 1. The van der Waals surface area contributed by atoms with Crippen LogP contribution >= 0.6 is 11.3 Å². The van der Waals surface area contributed by atoms with Crippen LogP contribution in [-0.2, 0) is 4.74 Å². The molecule has 0 aliphatic carbocycles. The van der Waals surface area contributed by atoms with E-state index in [-0.39, 0.29) is 18.0 Å². The quantitative estimate of drug-likeness (QED) is 0.849. The lowest BCUT2D eigenvalue weighted by Crippen LogP contribution is -2.34. The average Bonchev–Trinajstić information content (AvgIpc) is 2.94. The number of thiazole rings is 1. The molecule has 116 valence electrons. The molecule has 0 saturated heterocycles. The van der Waals surface area contributed by atoms with Gasteiger partial charge in [-0.3, -0.25) is 5.32 Å². The first-order valence-corrected chi connectivity index (χ1v) is 7.59. The van der Waals surface area contributed by atoms with Crippen LogP contribution in [0, 0.1) is 0 Å². The second-order valence-electron chi connectivity index (χ2n) is 4.86. The van der Waals surface area contributed by atoms with Gasteiger partial charge in [-0.15, -0.1) is 11.3 Å². The molecule has 1 aromatic carbocycles. The van der Waals surface area contributed by atoms with E-state index in [0.717, 1.165) is 11.3 Å². The highest BCUT2D eigenvalue weighted by atomic mass is 32.1. The predicted molar refractivity (Wildman–Crippen MR) is 86.2 cm³/mol. The molecule has 1 heterocycles. The normalized spacial score (nSPS) is 10.4. The summed E-state index contributed by atoms with van der Waals surface area (Å²) in [6.45, 7) is 3.77. The van der Waals surface area contributed by atoms with Gasteiger partial charge in [0.15, 0.2) is 5.13 Å². The van der Waals surface area contributed by atoms with Crippen molar-refractivity contribution in [2.45, 2.75) is 19.9 Å². The number of nitrogens with one attached hydrogen (secondary N) is 2. The largest absolute Gasteiger partial charge is 0.465 e. The van der Waals surface area contributed by atoms with Gasteiger partial charge in [-0.25, -0.2) is 14.6 Å². The molecule has 1 aromatic heterocycles. The third-order valence-electron chi connectivity index (χ3n) is 2.75. The van der Waals surface area contributed by atoms with E-state index >= 15 is 0 Å². The van der Waals surface area contributed by atoms with Gasteiger partial charge < -0.3 is 10.1 Å². The van der Waals surface area contributed by atoms with Gasteiger partial charge >= 0.3 is 12.0 Å². The molecule has 2 rings (SSSR count). The maximum absolute atomic E-state index is 11.6. The first-order valence-electron chi connectivity index (χ1n) is 6.71. The number of urea groups is 1. The van der Waals surface area contributed by atoms with Crippen molar-refractivity contribution in [3.63, 3.8) is 0 Å². The van der Waals surface area contributed by atoms with Crippen LogP contribution in [0.3, 0.4) is 0 Å². The third kappa shape index (κ3) is 4.05. The van der Waals surface area contributed by atoms with E-state index in [2.05, 4.69) is 20.4 Å². The topological polar surface area (TPSA) is 80.3 Å². The Morgan fingerprint density at radius 3 is 2.50 bits per heavy atom. The number of carbonyl (C=O) groups excluding carboxylic acids is 2. The second kappa shape index (κ2) is 7.04. The fourth-order valence-electron chi connectivity index (χ4n) is 1.75. The van der Waals surface area contributed by atoms with Gasteiger partial charge in [-0.05, 0) is 26.0 Å². The van der Waals surface area contributed by atoms with Crippen LogP contribution in [0.1, 0.15) is 24.2 Å².